The summed E-state index contributed by atoms with van der Waals surface area (Å²) in [4.78, 5) is 7.91. The molecule has 5 heteroatoms. The third kappa shape index (κ3) is 2.71. The van der Waals surface area contributed by atoms with E-state index in [4.69, 9.17) is 16.3 Å². The molecule has 0 spiro atoms. The highest BCUT2D eigenvalue weighted by Crippen LogP contribution is 2.25. The summed E-state index contributed by atoms with van der Waals surface area (Å²) in [6.07, 6.45) is 1.43. The Kier molecular flexibility index (Phi) is 3.41. The van der Waals surface area contributed by atoms with Gasteiger partial charge in [0.25, 0.3) is 0 Å². The van der Waals surface area contributed by atoms with Crippen LogP contribution >= 0.6 is 27.5 Å². The van der Waals surface area contributed by atoms with Crippen LogP contribution in [0.25, 0.3) is 0 Å². The molecule has 0 unspecified atom stereocenters. The molecule has 0 atom stereocenters. The van der Waals surface area contributed by atoms with Crippen LogP contribution < -0.4 is 4.74 Å². The van der Waals surface area contributed by atoms with Gasteiger partial charge in [0, 0.05) is 11.1 Å². The first-order valence-electron chi connectivity index (χ1n) is 4.57. The molecule has 0 radical (unpaired) electrons. The summed E-state index contributed by atoms with van der Waals surface area (Å²) in [5, 5.41) is 0.719. The van der Waals surface area contributed by atoms with Crippen molar-refractivity contribution < 1.29 is 4.74 Å². The van der Waals surface area contributed by atoms with Gasteiger partial charge in [0.05, 0.1) is 0 Å². The molecule has 0 saturated carbocycles. The molecule has 0 saturated heterocycles. The molecule has 0 bridgehead atoms. The fourth-order valence-corrected chi connectivity index (χ4v) is 1.58. The second-order valence-electron chi connectivity index (χ2n) is 3.19. The third-order valence-electron chi connectivity index (χ3n) is 1.96. The molecule has 0 amide bonds. The van der Waals surface area contributed by atoms with Crippen molar-refractivity contribution in [2.45, 2.75) is 6.92 Å². The average Bonchev–Trinajstić information content (AvgIpc) is 2.24. The second kappa shape index (κ2) is 4.80. The number of halogens is 2. The van der Waals surface area contributed by atoms with Crippen molar-refractivity contribution in [2.24, 2.45) is 0 Å². The van der Waals surface area contributed by atoms with Gasteiger partial charge in [0.1, 0.15) is 16.7 Å². The molecular formula is C11H8BrClN2O. The van der Waals surface area contributed by atoms with Gasteiger partial charge in [0.2, 0.25) is 5.88 Å². The van der Waals surface area contributed by atoms with Crippen LogP contribution in [-0.2, 0) is 0 Å². The standard InChI is InChI=1S/C11H8BrClN2O/c1-7-4-8(2-3-9(7)13)16-11-5-10(12)14-6-15-11/h2-6H,1H3. The number of aromatic nitrogens is 2. The van der Waals surface area contributed by atoms with Crippen LogP contribution in [0.3, 0.4) is 0 Å². The number of rotatable bonds is 2. The fourth-order valence-electron chi connectivity index (χ4n) is 1.17. The summed E-state index contributed by atoms with van der Waals surface area (Å²) in [6.45, 7) is 1.92. The number of hydrogen-bond acceptors (Lipinski definition) is 3. The van der Waals surface area contributed by atoms with Crippen molar-refractivity contribution in [3.05, 3.63) is 45.8 Å². The molecule has 16 heavy (non-hydrogen) atoms. The van der Waals surface area contributed by atoms with Crippen molar-refractivity contribution in [3.8, 4) is 11.6 Å². The van der Waals surface area contributed by atoms with E-state index < -0.39 is 0 Å². The number of nitrogens with zero attached hydrogens (tertiary/aromatic N) is 2. The topological polar surface area (TPSA) is 35.0 Å². The monoisotopic (exact) mass is 298 g/mol. The Morgan fingerprint density at radius 1 is 1.25 bits per heavy atom. The van der Waals surface area contributed by atoms with Gasteiger partial charge in [-0.1, -0.05) is 11.6 Å². The molecule has 0 aliphatic rings. The Hall–Kier alpha value is -1.13. The van der Waals surface area contributed by atoms with Gasteiger partial charge in [-0.3, -0.25) is 0 Å². The zero-order valence-electron chi connectivity index (χ0n) is 8.45. The number of aryl methyl sites for hydroxylation is 1. The summed E-state index contributed by atoms with van der Waals surface area (Å²) in [5.41, 5.74) is 0.965. The zero-order valence-corrected chi connectivity index (χ0v) is 10.8. The van der Waals surface area contributed by atoms with E-state index in [1.54, 1.807) is 18.2 Å². The Balaban J connectivity index is 2.24. The van der Waals surface area contributed by atoms with E-state index >= 15 is 0 Å². The molecular weight excluding hydrogens is 291 g/mol. The first-order chi connectivity index (χ1) is 7.65. The summed E-state index contributed by atoms with van der Waals surface area (Å²) in [5.74, 6) is 1.19. The minimum Gasteiger partial charge on any atom is -0.439 e. The second-order valence-corrected chi connectivity index (χ2v) is 4.41. The van der Waals surface area contributed by atoms with Crippen molar-refractivity contribution in [2.75, 3.05) is 0 Å². The predicted octanol–water partition coefficient (Wildman–Crippen LogP) is 3.99. The van der Waals surface area contributed by atoms with Crippen LogP contribution in [-0.4, -0.2) is 9.97 Å². The lowest BCUT2D eigenvalue weighted by atomic mass is 10.2. The van der Waals surface area contributed by atoms with Gasteiger partial charge in [-0.05, 0) is 46.6 Å². The molecule has 82 valence electrons. The van der Waals surface area contributed by atoms with Crippen LogP contribution in [0.1, 0.15) is 5.56 Å². The SMILES string of the molecule is Cc1cc(Oc2cc(Br)ncn2)ccc1Cl. The lowest BCUT2D eigenvalue weighted by Gasteiger charge is -2.06. The van der Waals surface area contributed by atoms with Crippen molar-refractivity contribution >= 4 is 27.5 Å². The molecule has 0 aliphatic carbocycles. The van der Waals surface area contributed by atoms with E-state index in [9.17, 15) is 0 Å². The molecule has 1 aromatic carbocycles. The van der Waals surface area contributed by atoms with Gasteiger partial charge < -0.3 is 4.74 Å². The van der Waals surface area contributed by atoms with E-state index in [0.717, 1.165) is 10.6 Å². The van der Waals surface area contributed by atoms with Gasteiger partial charge in [-0.25, -0.2) is 9.97 Å². The summed E-state index contributed by atoms with van der Waals surface area (Å²) in [7, 11) is 0. The summed E-state index contributed by atoms with van der Waals surface area (Å²) < 4.78 is 6.24. The maximum atomic E-state index is 5.92. The zero-order chi connectivity index (χ0) is 11.5. The van der Waals surface area contributed by atoms with E-state index in [1.165, 1.54) is 6.33 Å². The lowest BCUT2D eigenvalue weighted by molar-refractivity contribution is 0.460. The van der Waals surface area contributed by atoms with Crippen molar-refractivity contribution in [3.63, 3.8) is 0 Å². The van der Waals surface area contributed by atoms with Crippen LogP contribution in [0.4, 0.5) is 0 Å². The molecule has 0 aliphatic heterocycles. The van der Waals surface area contributed by atoms with Gasteiger partial charge in [-0.2, -0.15) is 0 Å². The van der Waals surface area contributed by atoms with Gasteiger partial charge >= 0.3 is 0 Å². The number of ether oxygens (including phenoxy) is 1. The minimum atomic E-state index is 0.489. The fraction of sp³-hybridized carbons (Fsp3) is 0.0909. The molecule has 1 aromatic heterocycles. The summed E-state index contributed by atoms with van der Waals surface area (Å²) >= 11 is 9.17. The van der Waals surface area contributed by atoms with Crippen molar-refractivity contribution in [1.82, 2.24) is 9.97 Å². The van der Waals surface area contributed by atoms with E-state index in [-0.39, 0.29) is 0 Å². The molecule has 0 fully saturated rings. The third-order valence-corrected chi connectivity index (χ3v) is 2.82. The highest BCUT2D eigenvalue weighted by atomic mass is 79.9. The first kappa shape index (κ1) is 11.4. The molecule has 0 N–H and O–H groups in total. The summed E-state index contributed by atoms with van der Waals surface area (Å²) in [6, 6.07) is 7.15. The Bertz CT molecular complexity index is 519. The van der Waals surface area contributed by atoms with E-state index in [0.29, 0.717) is 16.2 Å². The smallest absolute Gasteiger partial charge is 0.223 e. The quantitative estimate of drug-likeness (QED) is 0.786. The van der Waals surface area contributed by atoms with Crippen LogP contribution in [0.5, 0.6) is 11.6 Å². The molecule has 1 heterocycles. The normalized spacial score (nSPS) is 10.2. The molecule has 2 aromatic rings. The molecule has 2 rings (SSSR count). The highest BCUT2D eigenvalue weighted by Gasteiger charge is 2.02. The van der Waals surface area contributed by atoms with Crippen molar-refractivity contribution in [1.29, 1.82) is 0 Å². The Labute approximate surface area is 107 Å². The van der Waals surface area contributed by atoms with E-state index in [1.807, 2.05) is 13.0 Å². The van der Waals surface area contributed by atoms with Crippen LogP contribution in [0.2, 0.25) is 5.02 Å². The maximum absolute atomic E-state index is 5.92. The average molecular weight is 300 g/mol. The van der Waals surface area contributed by atoms with Gasteiger partial charge in [0.15, 0.2) is 0 Å². The maximum Gasteiger partial charge on any atom is 0.223 e. The first-order valence-corrected chi connectivity index (χ1v) is 5.74. The predicted molar refractivity (Wildman–Crippen MR) is 66.0 cm³/mol. The Morgan fingerprint density at radius 3 is 2.75 bits per heavy atom. The van der Waals surface area contributed by atoms with Crippen LogP contribution in [0, 0.1) is 6.92 Å². The van der Waals surface area contributed by atoms with E-state index in [2.05, 4.69) is 25.9 Å². The van der Waals surface area contributed by atoms with Crippen LogP contribution in [0.15, 0.2) is 35.2 Å². The minimum absolute atomic E-state index is 0.489. The highest BCUT2D eigenvalue weighted by molar-refractivity contribution is 9.10. The number of benzene rings is 1. The molecule has 3 nitrogen and oxygen atoms in total. The lowest BCUT2D eigenvalue weighted by Crippen LogP contribution is -1.89. The Morgan fingerprint density at radius 2 is 2.06 bits per heavy atom. The van der Waals surface area contributed by atoms with Gasteiger partial charge in [-0.15, -0.1) is 0 Å². The largest absolute Gasteiger partial charge is 0.439 e. The number of hydrogen-bond donors (Lipinski definition) is 0.